The molecule has 0 aromatic carbocycles. The molecule has 104 valence electrons. The Bertz CT molecular complexity index is 464. The zero-order chi connectivity index (χ0) is 13.6. The van der Waals surface area contributed by atoms with Crippen LogP contribution in [0.2, 0.25) is 0 Å². The van der Waals surface area contributed by atoms with Gasteiger partial charge in [-0.15, -0.1) is 0 Å². The molecule has 1 aromatic rings. The minimum atomic E-state index is -0.0411. The van der Waals surface area contributed by atoms with Crippen molar-refractivity contribution < 1.29 is 4.79 Å². The molecule has 2 unspecified atom stereocenters. The maximum atomic E-state index is 12.7. The minimum absolute atomic E-state index is 0.0251. The topological polar surface area (TPSA) is 32.3 Å². The molecule has 3 rings (SSSR count). The van der Waals surface area contributed by atoms with Gasteiger partial charge in [0.05, 0.1) is 6.04 Å². The van der Waals surface area contributed by atoms with Gasteiger partial charge in [0.15, 0.2) is 0 Å². The van der Waals surface area contributed by atoms with Crippen molar-refractivity contribution in [1.29, 1.82) is 0 Å². The lowest BCUT2D eigenvalue weighted by Crippen LogP contribution is -2.49. The first-order valence-corrected chi connectivity index (χ1v) is 8.11. The van der Waals surface area contributed by atoms with Crippen LogP contribution in [0.3, 0.4) is 0 Å². The highest BCUT2D eigenvalue weighted by molar-refractivity contribution is 7.07. The molecule has 2 heterocycles. The summed E-state index contributed by atoms with van der Waals surface area (Å²) < 4.78 is 0. The quantitative estimate of drug-likeness (QED) is 0.917. The molecule has 1 saturated carbocycles. The second-order valence-electron chi connectivity index (χ2n) is 6.22. The van der Waals surface area contributed by atoms with E-state index in [9.17, 15) is 4.79 Å². The lowest BCUT2D eigenvalue weighted by atomic mass is 9.94. The molecule has 2 atom stereocenters. The summed E-state index contributed by atoms with van der Waals surface area (Å²) >= 11 is 1.70. The molecule has 0 bridgehead atoms. The molecule has 0 spiro atoms. The largest absolute Gasteiger partial charge is 0.316 e. The Hall–Kier alpha value is -0.870. The first kappa shape index (κ1) is 13.1. The number of rotatable bonds is 4. The van der Waals surface area contributed by atoms with Gasteiger partial charge in [-0.25, -0.2) is 0 Å². The van der Waals surface area contributed by atoms with Crippen molar-refractivity contribution in [2.24, 2.45) is 5.92 Å². The molecule has 19 heavy (non-hydrogen) atoms. The van der Waals surface area contributed by atoms with Gasteiger partial charge in [-0.1, -0.05) is 6.92 Å². The molecule has 2 fully saturated rings. The molecule has 1 amide bonds. The van der Waals surface area contributed by atoms with Crippen LogP contribution < -0.4 is 5.32 Å². The summed E-state index contributed by atoms with van der Waals surface area (Å²) in [6.45, 7) is 6.52. The van der Waals surface area contributed by atoms with E-state index in [1.165, 1.54) is 18.4 Å². The van der Waals surface area contributed by atoms with Crippen LogP contribution in [-0.4, -0.2) is 22.4 Å². The lowest BCUT2D eigenvalue weighted by Gasteiger charge is -2.39. The standard InChI is InChI=1S/C15H22N2OS/c1-4-12-14(18)17(15(2,3)11-5-6-11)13(16-12)10-7-8-19-9-10/h7-9,11-13,16H,4-6H2,1-3H3. The van der Waals surface area contributed by atoms with Crippen LogP contribution in [0.1, 0.15) is 51.8 Å². The van der Waals surface area contributed by atoms with Crippen molar-refractivity contribution in [2.75, 3.05) is 0 Å². The van der Waals surface area contributed by atoms with Gasteiger partial charge in [0, 0.05) is 5.54 Å². The Labute approximate surface area is 119 Å². The fraction of sp³-hybridized carbons (Fsp3) is 0.667. The normalized spacial score (nSPS) is 28.2. The van der Waals surface area contributed by atoms with Crippen LogP contribution in [0.4, 0.5) is 0 Å². The van der Waals surface area contributed by atoms with E-state index < -0.39 is 0 Å². The summed E-state index contributed by atoms with van der Waals surface area (Å²) in [6.07, 6.45) is 3.42. The van der Waals surface area contributed by atoms with Crippen LogP contribution in [-0.2, 0) is 4.79 Å². The van der Waals surface area contributed by atoms with E-state index in [1.807, 2.05) is 0 Å². The Morgan fingerprint density at radius 3 is 2.74 bits per heavy atom. The van der Waals surface area contributed by atoms with E-state index in [-0.39, 0.29) is 23.7 Å². The molecule has 1 saturated heterocycles. The number of hydrogen-bond donors (Lipinski definition) is 1. The zero-order valence-electron chi connectivity index (χ0n) is 11.8. The maximum absolute atomic E-state index is 12.7. The summed E-state index contributed by atoms with van der Waals surface area (Å²) in [5.41, 5.74) is 1.18. The second-order valence-corrected chi connectivity index (χ2v) is 7.00. The van der Waals surface area contributed by atoms with Crippen molar-refractivity contribution in [3.63, 3.8) is 0 Å². The molecule has 2 aliphatic rings. The predicted molar refractivity (Wildman–Crippen MR) is 77.9 cm³/mol. The molecule has 1 aromatic heterocycles. The van der Waals surface area contributed by atoms with Crippen molar-refractivity contribution in [3.8, 4) is 0 Å². The van der Waals surface area contributed by atoms with E-state index in [2.05, 4.69) is 47.8 Å². The number of carbonyl (C=O) groups excluding carboxylic acids is 1. The van der Waals surface area contributed by atoms with E-state index >= 15 is 0 Å². The molecule has 0 radical (unpaired) electrons. The van der Waals surface area contributed by atoms with Crippen LogP contribution in [0.15, 0.2) is 16.8 Å². The number of amides is 1. The molecule has 3 nitrogen and oxygen atoms in total. The van der Waals surface area contributed by atoms with E-state index in [0.717, 1.165) is 6.42 Å². The summed E-state index contributed by atoms with van der Waals surface area (Å²) in [5.74, 6) is 0.936. The van der Waals surface area contributed by atoms with Gasteiger partial charge in [0.1, 0.15) is 6.17 Å². The Morgan fingerprint density at radius 2 is 2.21 bits per heavy atom. The highest BCUT2D eigenvalue weighted by Crippen LogP contribution is 2.47. The van der Waals surface area contributed by atoms with Gasteiger partial charge >= 0.3 is 0 Å². The van der Waals surface area contributed by atoms with E-state index in [0.29, 0.717) is 5.92 Å². The van der Waals surface area contributed by atoms with Crippen LogP contribution in [0.25, 0.3) is 0 Å². The Morgan fingerprint density at radius 1 is 1.47 bits per heavy atom. The number of nitrogens with zero attached hydrogens (tertiary/aromatic N) is 1. The van der Waals surface area contributed by atoms with Crippen LogP contribution >= 0.6 is 11.3 Å². The number of nitrogens with one attached hydrogen (secondary N) is 1. The van der Waals surface area contributed by atoms with Gasteiger partial charge in [0.2, 0.25) is 5.91 Å². The zero-order valence-corrected chi connectivity index (χ0v) is 12.7. The Kier molecular flexibility index (Phi) is 3.18. The van der Waals surface area contributed by atoms with Crippen molar-refractivity contribution >= 4 is 17.2 Å². The minimum Gasteiger partial charge on any atom is -0.316 e. The molecule has 1 N–H and O–H groups in total. The summed E-state index contributed by atoms with van der Waals surface area (Å²) in [6, 6.07) is 2.10. The van der Waals surface area contributed by atoms with Gasteiger partial charge in [-0.2, -0.15) is 11.3 Å². The molecule has 1 aliphatic carbocycles. The van der Waals surface area contributed by atoms with Gasteiger partial charge < -0.3 is 4.90 Å². The monoisotopic (exact) mass is 278 g/mol. The number of thiophene rings is 1. The van der Waals surface area contributed by atoms with E-state index in [1.54, 1.807) is 11.3 Å². The third-order valence-corrected chi connectivity index (χ3v) is 5.32. The average Bonchev–Trinajstić information content (AvgIpc) is 2.99. The molecular weight excluding hydrogens is 256 g/mol. The van der Waals surface area contributed by atoms with E-state index in [4.69, 9.17) is 0 Å². The molecule has 1 aliphatic heterocycles. The third-order valence-electron chi connectivity index (χ3n) is 4.62. The van der Waals surface area contributed by atoms with Gasteiger partial charge in [-0.05, 0) is 61.4 Å². The summed E-state index contributed by atoms with van der Waals surface area (Å²) in [4.78, 5) is 14.8. The van der Waals surface area contributed by atoms with Crippen molar-refractivity contribution in [1.82, 2.24) is 10.2 Å². The highest BCUT2D eigenvalue weighted by atomic mass is 32.1. The average molecular weight is 278 g/mol. The van der Waals surface area contributed by atoms with Crippen LogP contribution in [0.5, 0.6) is 0 Å². The lowest BCUT2D eigenvalue weighted by molar-refractivity contribution is -0.136. The molecular formula is C15H22N2OS. The number of carbonyl (C=O) groups is 1. The Balaban J connectivity index is 1.94. The first-order chi connectivity index (χ1) is 9.05. The smallest absolute Gasteiger partial charge is 0.241 e. The fourth-order valence-corrected chi connectivity index (χ4v) is 3.88. The number of hydrogen-bond acceptors (Lipinski definition) is 3. The third kappa shape index (κ3) is 2.11. The fourth-order valence-electron chi connectivity index (χ4n) is 3.20. The van der Waals surface area contributed by atoms with Crippen molar-refractivity contribution in [2.45, 2.75) is 57.8 Å². The van der Waals surface area contributed by atoms with Crippen LogP contribution in [0, 0.1) is 5.92 Å². The molecule has 4 heteroatoms. The summed E-state index contributed by atoms with van der Waals surface area (Å²) in [5, 5.41) is 7.75. The second kappa shape index (κ2) is 4.60. The predicted octanol–water partition coefficient (Wildman–Crippen LogP) is 3.15. The first-order valence-electron chi connectivity index (χ1n) is 7.17. The summed E-state index contributed by atoms with van der Waals surface area (Å²) in [7, 11) is 0. The van der Waals surface area contributed by atoms with Gasteiger partial charge in [0.25, 0.3) is 0 Å². The van der Waals surface area contributed by atoms with Crippen molar-refractivity contribution in [3.05, 3.63) is 22.4 Å². The van der Waals surface area contributed by atoms with Gasteiger partial charge in [-0.3, -0.25) is 10.1 Å². The maximum Gasteiger partial charge on any atom is 0.241 e. The highest BCUT2D eigenvalue weighted by Gasteiger charge is 2.51. The SMILES string of the molecule is CCC1NC(c2ccsc2)N(C(C)(C)C2CC2)C1=O.